The molecule has 2 fully saturated rings. The highest BCUT2D eigenvalue weighted by atomic mass is 16.5. The summed E-state index contributed by atoms with van der Waals surface area (Å²) in [5.74, 6) is 2.02. The fourth-order valence-corrected chi connectivity index (χ4v) is 2.91. The second kappa shape index (κ2) is 5.98. The lowest BCUT2D eigenvalue weighted by Crippen LogP contribution is -2.58. The summed E-state index contributed by atoms with van der Waals surface area (Å²) in [6, 6.07) is -0.175. The predicted molar refractivity (Wildman–Crippen MR) is 81.3 cm³/mol. The number of piperazine rings is 1. The van der Waals surface area contributed by atoms with Crippen molar-refractivity contribution in [1.82, 2.24) is 14.9 Å². The fraction of sp³-hybridized carbons (Fsp3) is 0.667. The lowest BCUT2D eigenvalue weighted by atomic mass is 10.1. The topological polar surface area (TPSA) is 78.8 Å². The molecule has 1 aliphatic heterocycles. The Balaban J connectivity index is 1.62. The highest BCUT2D eigenvalue weighted by Crippen LogP contribution is 2.29. The van der Waals surface area contributed by atoms with E-state index in [1.54, 1.807) is 12.4 Å². The van der Waals surface area contributed by atoms with Crippen molar-refractivity contribution in [2.24, 2.45) is 5.92 Å². The van der Waals surface area contributed by atoms with Crippen LogP contribution in [0, 0.1) is 5.92 Å². The van der Waals surface area contributed by atoms with E-state index in [4.69, 9.17) is 4.74 Å². The molecule has 1 aromatic heterocycles. The number of hydrogen-bond donors (Lipinski definition) is 1. The van der Waals surface area contributed by atoms with Gasteiger partial charge in [-0.1, -0.05) is 0 Å². The molecule has 1 amide bonds. The van der Waals surface area contributed by atoms with Crippen LogP contribution < -0.4 is 9.64 Å². The number of hydrogen-bond acceptors (Lipinski definition) is 5. The average molecular weight is 306 g/mol. The minimum Gasteiger partial charge on any atom is -0.490 e. The molecule has 1 aliphatic carbocycles. The third-order valence-electron chi connectivity index (χ3n) is 4.22. The maximum Gasteiger partial charge on any atom is 0.407 e. The first-order valence-electron chi connectivity index (χ1n) is 7.75. The number of anilines is 1. The van der Waals surface area contributed by atoms with Gasteiger partial charge in [0, 0.05) is 13.1 Å². The van der Waals surface area contributed by atoms with Crippen LogP contribution in [0.1, 0.15) is 26.7 Å². The maximum atomic E-state index is 11.3. The Morgan fingerprint density at radius 3 is 2.36 bits per heavy atom. The van der Waals surface area contributed by atoms with E-state index in [-0.39, 0.29) is 12.1 Å². The summed E-state index contributed by atoms with van der Waals surface area (Å²) in [7, 11) is 0. The molecule has 22 heavy (non-hydrogen) atoms. The van der Waals surface area contributed by atoms with Crippen molar-refractivity contribution < 1.29 is 14.6 Å². The number of nitrogens with zero attached hydrogens (tertiary/aromatic N) is 4. The summed E-state index contributed by atoms with van der Waals surface area (Å²) in [6.45, 7) is 5.75. The summed E-state index contributed by atoms with van der Waals surface area (Å²) in [4.78, 5) is 23.5. The monoisotopic (exact) mass is 306 g/mol. The molecule has 2 aliphatic rings. The standard InChI is InChI=1S/C15H22N4O3/c1-10-7-18(8-11(2)19(10)15(20)21)14-16-5-13(6-17-14)22-9-12-3-4-12/h5-6,10-12H,3-4,7-9H2,1-2H3,(H,20,21)/t10-,11+. The Morgan fingerprint density at radius 2 is 1.86 bits per heavy atom. The van der Waals surface area contributed by atoms with E-state index >= 15 is 0 Å². The van der Waals surface area contributed by atoms with E-state index in [1.165, 1.54) is 17.7 Å². The maximum absolute atomic E-state index is 11.3. The number of carbonyl (C=O) groups is 1. The molecule has 2 atom stereocenters. The van der Waals surface area contributed by atoms with Gasteiger partial charge in [-0.25, -0.2) is 14.8 Å². The zero-order chi connectivity index (χ0) is 15.7. The van der Waals surface area contributed by atoms with Gasteiger partial charge in [-0.05, 0) is 32.6 Å². The van der Waals surface area contributed by atoms with E-state index in [9.17, 15) is 9.90 Å². The molecule has 0 bridgehead atoms. The van der Waals surface area contributed by atoms with Crippen LogP contribution in [0.2, 0.25) is 0 Å². The van der Waals surface area contributed by atoms with Gasteiger partial charge in [-0.15, -0.1) is 0 Å². The summed E-state index contributed by atoms with van der Waals surface area (Å²) in [5.41, 5.74) is 0. The summed E-state index contributed by atoms with van der Waals surface area (Å²) >= 11 is 0. The molecule has 1 saturated carbocycles. The summed E-state index contributed by atoms with van der Waals surface area (Å²) in [5, 5.41) is 9.24. The largest absolute Gasteiger partial charge is 0.490 e. The molecular weight excluding hydrogens is 284 g/mol. The van der Waals surface area contributed by atoms with Gasteiger partial charge in [-0.3, -0.25) is 4.90 Å². The van der Waals surface area contributed by atoms with Crippen molar-refractivity contribution in [3.05, 3.63) is 12.4 Å². The van der Waals surface area contributed by atoms with Crippen molar-refractivity contribution in [1.29, 1.82) is 0 Å². The molecule has 120 valence electrons. The van der Waals surface area contributed by atoms with E-state index in [0.29, 0.717) is 30.7 Å². The number of aromatic nitrogens is 2. The van der Waals surface area contributed by atoms with Crippen molar-refractivity contribution in [2.75, 3.05) is 24.6 Å². The third kappa shape index (κ3) is 3.23. The summed E-state index contributed by atoms with van der Waals surface area (Å²) in [6.07, 6.45) is 5.03. The third-order valence-corrected chi connectivity index (χ3v) is 4.22. The normalized spacial score (nSPS) is 25.2. The molecule has 7 nitrogen and oxygen atoms in total. The number of carboxylic acid groups (broad SMARTS) is 1. The Kier molecular flexibility index (Phi) is 4.04. The molecule has 1 saturated heterocycles. The van der Waals surface area contributed by atoms with Crippen LogP contribution in [-0.2, 0) is 0 Å². The molecule has 3 rings (SSSR count). The Labute approximate surface area is 129 Å². The Bertz CT molecular complexity index is 520. The smallest absolute Gasteiger partial charge is 0.407 e. The zero-order valence-electron chi connectivity index (χ0n) is 13.0. The van der Waals surface area contributed by atoms with Gasteiger partial charge in [0.15, 0.2) is 5.75 Å². The molecule has 2 heterocycles. The number of amides is 1. The first-order valence-corrected chi connectivity index (χ1v) is 7.75. The molecule has 1 N–H and O–H groups in total. The van der Waals surface area contributed by atoms with Crippen molar-refractivity contribution >= 4 is 12.0 Å². The van der Waals surface area contributed by atoms with E-state index in [2.05, 4.69) is 9.97 Å². The quantitative estimate of drug-likeness (QED) is 0.914. The molecule has 1 aromatic rings. The second-order valence-electron chi connectivity index (χ2n) is 6.27. The number of rotatable bonds is 4. The van der Waals surface area contributed by atoms with Gasteiger partial charge in [-0.2, -0.15) is 0 Å². The predicted octanol–water partition coefficient (Wildman–Crippen LogP) is 1.84. The molecule has 0 radical (unpaired) electrons. The van der Waals surface area contributed by atoms with Gasteiger partial charge in [0.05, 0.1) is 31.1 Å². The summed E-state index contributed by atoms with van der Waals surface area (Å²) < 4.78 is 5.63. The Hall–Kier alpha value is -2.05. The average Bonchev–Trinajstić information content (AvgIpc) is 3.28. The van der Waals surface area contributed by atoms with Gasteiger partial charge >= 0.3 is 6.09 Å². The van der Waals surface area contributed by atoms with Gasteiger partial charge < -0.3 is 14.7 Å². The highest BCUT2D eigenvalue weighted by molar-refractivity contribution is 5.66. The van der Waals surface area contributed by atoms with Gasteiger partial charge in [0.2, 0.25) is 5.95 Å². The van der Waals surface area contributed by atoms with Crippen LogP contribution in [0.3, 0.4) is 0 Å². The van der Waals surface area contributed by atoms with E-state index < -0.39 is 6.09 Å². The van der Waals surface area contributed by atoms with Gasteiger partial charge in [0.1, 0.15) is 0 Å². The van der Waals surface area contributed by atoms with Crippen LogP contribution in [0.4, 0.5) is 10.7 Å². The minimum absolute atomic E-state index is 0.0874. The van der Waals surface area contributed by atoms with Crippen LogP contribution in [0.5, 0.6) is 5.75 Å². The van der Waals surface area contributed by atoms with Crippen LogP contribution in [0.15, 0.2) is 12.4 Å². The van der Waals surface area contributed by atoms with Gasteiger partial charge in [0.25, 0.3) is 0 Å². The molecule has 0 unspecified atom stereocenters. The molecular formula is C15H22N4O3. The fourth-order valence-electron chi connectivity index (χ4n) is 2.91. The van der Waals surface area contributed by atoms with Crippen LogP contribution in [0.25, 0.3) is 0 Å². The van der Waals surface area contributed by atoms with Crippen molar-refractivity contribution in [2.45, 2.75) is 38.8 Å². The van der Waals surface area contributed by atoms with E-state index in [0.717, 1.165) is 6.61 Å². The first-order chi connectivity index (χ1) is 10.5. The number of ether oxygens (including phenoxy) is 1. The van der Waals surface area contributed by atoms with Crippen molar-refractivity contribution in [3.63, 3.8) is 0 Å². The van der Waals surface area contributed by atoms with E-state index in [1.807, 2.05) is 18.7 Å². The van der Waals surface area contributed by atoms with Crippen LogP contribution >= 0.6 is 0 Å². The minimum atomic E-state index is -0.871. The SMILES string of the molecule is C[C@@H]1CN(c2ncc(OCC3CC3)cn2)C[C@H](C)N1C(=O)O. The second-order valence-corrected chi connectivity index (χ2v) is 6.27. The molecule has 0 spiro atoms. The molecule has 0 aromatic carbocycles. The highest BCUT2D eigenvalue weighted by Gasteiger charge is 2.33. The molecule has 7 heteroatoms. The lowest BCUT2D eigenvalue weighted by molar-refractivity contribution is 0.0979. The van der Waals surface area contributed by atoms with Crippen molar-refractivity contribution in [3.8, 4) is 5.75 Å². The first kappa shape index (κ1) is 14.9. The lowest BCUT2D eigenvalue weighted by Gasteiger charge is -2.42. The van der Waals surface area contributed by atoms with Crippen LogP contribution in [-0.4, -0.2) is 57.8 Å². The Morgan fingerprint density at radius 1 is 1.27 bits per heavy atom. The zero-order valence-corrected chi connectivity index (χ0v) is 13.0.